The van der Waals surface area contributed by atoms with Crippen molar-refractivity contribution >= 4 is 17.3 Å². The predicted octanol–water partition coefficient (Wildman–Crippen LogP) is 0.997. The number of rotatable bonds is 4. The van der Waals surface area contributed by atoms with Crippen molar-refractivity contribution in [3.63, 3.8) is 0 Å². The summed E-state index contributed by atoms with van der Waals surface area (Å²) in [5.41, 5.74) is 0.260. The summed E-state index contributed by atoms with van der Waals surface area (Å²) in [4.78, 5) is 11.2. The van der Waals surface area contributed by atoms with Gasteiger partial charge in [-0.15, -0.1) is 0 Å². The van der Waals surface area contributed by atoms with Gasteiger partial charge in [0.15, 0.2) is 11.5 Å². The normalized spacial score (nSPS) is 11.7. The van der Waals surface area contributed by atoms with Gasteiger partial charge in [-0.25, -0.2) is 4.79 Å². The van der Waals surface area contributed by atoms with Crippen LogP contribution < -0.4 is 8.92 Å². The standard InChI is InChI=1S/C9H10O6S/c1-13-8-5-6(9(10)14-2)3-4-7(8)15-16(11)12/h3-5H,1-2H3,(H,11,12). The van der Waals surface area contributed by atoms with Gasteiger partial charge in [0.05, 0.1) is 19.8 Å². The Morgan fingerprint density at radius 3 is 2.50 bits per heavy atom. The Bertz CT molecular complexity index is 416. The van der Waals surface area contributed by atoms with Crippen LogP contribution in [0.3, 0.4) is 0 Å². The molecule has 0 amide bonds. The van der Waals surface area contributed by atoms with Crippen LogP contribution in [0.2, 0.25) is 0 Å². The minimum atomic E-state index is -2.44. The van der Waals surface area contributed by atoms with Gasteiger partial charge in [-0.05, 0) is 18.2 Å². The second-order valence-electron chi connectivity index (χ2n) is 2.66. The third-order valence-electron chi connectivity index (χ3n) is 1.75. The summed E-state index contributed by atoms with van der Waals surface area (Å²) in [6.07, 6.45) is 0. The molecule has 0 bridgehead atoms. The van der Waals surface area contributed by atoms with E-state index in [0.717, 1.165) is 0 Å². The molecule has 0 saturated heterocycles. The van der Waals surface area contributed by atoms with Gasteiger partial charge >= 0.3 is 17.3 Å². The largest absolute Gasteiger partial charge is 0.493 e. The number of esters is 1. The van der Waals surface area contributed by atoms with Crippen molar-refractivity contribution in [1.82, 2.24) is 0 Å². The van der Waals surface area contributed by atoms with E-state index in [2.05, 4.69) is 8.92 Å². The van der Waals surface area contributed by atoms with Gasteiger partial charge in [-0.1, -0.05) is 0 Å². The number of carbonyl (C=O) groups excluding carboxylic acids is 1. The maximum atomic E-state index is 11.2. The average Bonchev–Trinajstić information content (AvgIpc) is 2.27. The lowest BCUT2D eigenvalue weighted by Crippen LogP contribution is -2.04. The number of methoxy groups -OCH3 is 2. The van der Waals surface area contributed by atoms with Gasteiger partial charge < -0.3 is 13.7 Å². The molecule has 1 rings (SSSR count). The van der Waals surface area contributed by atoms with Crippen molar-refractivity contribution in [3.05, 3.63) is 23.8 Å². The van der Waals surface area contributed by atoms with E-state index in [4.69, 9.17) is 9.29 Å². The Morgan fingerprint density at radius 1 is 1.31 bits per heavy atom. The fraction of sp³-hybridized carbons (Fsp3) is 0.222. The van der Waals surface area contributed by atoms with Crippen LogP contribution in [0.5, 0.6) is 11.5 Å². The number of carbonyl (C=O) groups is 1. The molecule has 16 heavy (non-hydrogen) atoms. The smallest absolute Gasteiger partial charge is 0.357 e. The minimum absolute atomic E-state index is 0.0657. The van der Waals surface area contributed by atoms with E-state index in [1.54, 1.807) is 0 Å². The molecule has 1 unspecified atom stereocenters. The van der Waals surface area contributed by atoms with Gasteiger partial charge in [0.1, 0.15) is 0 Å². The second-order valence-corrected chi connectivity index (χ2v) is 3.26. The third-order valence-corrected chi connectivity index (χ3v) is 2.07. The highest BCUT2D eigenvalue weighted by atomic mass is 32.2. The van der Waals surface area contributed by atoms with Crippen molar-refractivity contribution in [2.75, 3.05) is 14.2 Å². The number of benzene rings is 1. The number of ether oxygens (including phenoxy) is 2. The number of hydrogen-bond donors (Lipinski definition) is 1. The summed E-state index contributed by atoms with van der Waals surface area (Å²) in [5, 5.41) is 0. The van der Waals surface area contributed by atoms with E-state index in [9.17, 15) is 9.00 Å². The van der Waals surface area contributed by atoms with Crippen molar-refractivity contribution < 1.29 is 27.2 Å². The molecule has 0 aliphatic rings. The molecular formula is C9H10O6S. The summed E-state index contributed by atoms with van der Waals surface area (Å²) in [6.45, 7) is 0. The second kappa shape index (κ2) is 5.47. The first-order valence-corrected chi connectivity index (χ1v) is 5.17. The van der Waals surface area contributed by atoms with Crippen molar-refractivity contribution in [1.29, 1.82) is 0 Å². The van der Waals surface area contributed by atoms with E-state index >= 15 is 0 Å². The van der Waals surface area contributed by atoms with Crippen LogP contribution in [-0.2, 0) is 16.1 Å². The molecule has 0 saturated carbocycles. The highest BCUT2D eigenvalue weighted by Gasteiger charge is 2.12. The van der Waals surface area contributed by atoms with Gasteiger partial charge in [-0.3, -0.25) is 4.55 Å². The number of hydrogen-bond acceptors (Lipinski definition) is 5. The van der Waals surface area contributed by atoms with Crippen molar-refractivity contribution in [2.45, 2.75) is 0 Å². The van der Waals surface area contributed by atoms with Gasteiger partial charge in [0.25, 0.3) is 0 Å². The lowest BCUT2D eigenvalue weighted by Gasteiger charge is -2.08. The molecule has 0 radical (unpaired) electrons. The fourth-order valence-electron chi connectivity index (χ4n) is 1.06. The van der Waals surface area contributed by atoms with Crippen molar-refractivity contribution in [2.24, 2.45) is 0 Å². The molecule has 7 heteroatoms. The Hall–Kier alpha value is -1.60. The molecule has 88 valence electrons. The van der Waals surface area contributed by atoms with E-state index in [-0.39, 0.29) is 17.1 Å². The van der Waals surface area contributed by atoms with Gasteiger partial charge in [0.2, 0.25) is 0 Å². The first-order chi connectivity index (χ1) is 7.58. The zero-order valence-corrected chi connectivity index (χ0v) is 9.45. The molecule has 6 nitrogen and oxygen atoms in total. The SMILES string of the molecule is COC(=O)c1ccc(OS(=O)O)c(OC)c1. The van der Waals surface area contributed by atoms with Crippen molar-refractivity contribution in [3.8, 4) is 11.5 Å². The van der Waals surface area contributed by atoms with Crippen LogP contribution in [0.25, 0.3) is 0 Å². The van der Waals surface area contributed by atoms with Crippen LogP contribution >= 0.6 is 0 Å². The molecule has 0 heterocycles. The Kier molecular flexibility index (Phi) is 4.27. The fourth-order valence-corrected chi connectivity index (χ4v) is 1.35. The monoisotopic (exact) mass is 246 g/mol. The van der Waals surface area contributed by atoms with E-state index < -0.39 is 17.3 Å². The topological polar surface area (TPSA) is 82.1 Å². The van der Waals surface area contributed by atoms with E-state index in [0.29, 0.717) is 0 Å². The average molecular weight is 246 g/mol. The quantitative estimate of drug-likeness (QED) is 0.630. The first kappa shape index (κ1) is 12.5. The summed E-state index contributed by atoms with van der Waals surface area (Å²) >= 11 is -2.44. The van der Waals surface area contributed by atoms with Crippen LogP contribution in [0.15, 0.2) is 18.2 Å². The molecule has 0 aromatic heterocycles. The minimum Gasteiger partial charge on any atom is -0.493 e. The molecule has 1 N–H and O–H groups in total. The molecule has 0 aliphatic carbocycles. The van der Waals surface area contributed by atoms with Crippen LogP contribution in [0.1, 0.15) is 10.4 Å². The summed E-state index contributed by atoms with van der Waals surface area (Å²) in [5.74, 6) is -0.295. The first-order valence-electron chi connectivity index (χ1n) is 4.14. The third kappa shape index (κ3) is 2.94. The van der Waals surface area contributed by atoms with E-state index in [1.165, 1.54) is 32.4 Å². The maximum absolute atomic E-state index is 11.2. The molecular weight excluding hydrogens is 236 g/mol. The van der Waals surface area contributed by atoms with Crippen LogP contribution in [-0.4, -0.2) is 29.0 Å². The Balaban J connectivity index is 3.06. The molecule has 0 fully saturated rings. The Labute approximate surface area is 94.6 Å². The van der Waals surface area contributed by atoms with E-state index in [1.807, 2.05) is 0 Å². The zero-order chi connectivity index (χ0) is 12.1. The predicted molar refractivity (Wildman–Crippen MR) is 55.7 cm³/mol. The zero-order valence-electron chi connectivity index (χ0n) is 8.63. The van der Waals surface area contributed by atoms with Gasteiger partial charge in [0, 0.05) is 0 Å². The Morgan fingerprint density at radius 2 is 2.00 bits per heavy atom. The molecule has 1 atom stereocenters. The maximum Gasteiger partial charge on any atom is 0.357 e. The summed E-state index contributed by atoms with van der Waals surface area (Å²) < 4.78 is 33.0. The highest BCUT2D eigenvalue weighted by molar-refractivity contribution is 7.74. The van der Waals surface area contributed by atoms with Crippen LogP contribution in [0.4, 0.5) is 0 Å². The highest BCUT2D eigenvalue weighted by Crippen LogP contribution is 2.28. The molecule has 1 aromatic carbocycles. The van der Waals surface area contributed by atoms with Gasteiger partial charge in [-0.2, -0.15) is 4.21 Å². The molecule has 0 aliphatic heterocycles. The lowest BCUT2D eigenvalue weighted by molar-refractivity contribution is 0.0600. The molecule has 1 aromatic rings. The van der Waals surface area contributed by atoms with Crippen LogP contribution in [0, 0.1) is 0 Å². The summed E-state index contributed by atoms with van der Waals surface area (Å²) in [6, 6.07) is 4.10. The summed E-state index contributed by atoms with van der Waals surface area (Å²) in [7, 11) is 2.60. The molecule has 0 spiro atoms. The lowest BCUT2D eigenvalue weighted by atomic mass is 10.2.